The lowest BCUT2D eigenvalue weighted by atomic mass is 9.91. The summed E-state index contributed by atoms with van der Waals surface area (Å²) < 4.78 is 0. The third-order valence-electron chi connectivity index (χ3n) is 12.3. The fourth-order valence-electron chi connectivity index (χ4n) is 8.99. The summed E-state index contributed by atoms with van der Waals surface area (Å²) in [5.74, 6) is 0. The van der Waals surface area contributed by atoms with Crippen molar-refractivity contribution in [1.82, 2.24) is 0 Å². The molecule has 0 saturated carbocycles. The molecule has 0 aliphatic heterocycles. The van der Waals surface area contributed by atoms with Crippen LogP contribution in [-0.2, 0) is 0 Å². The van der Waals surface area contributed by atoms with Crippen molar-refractivity contribution in [2.75, 3.05) is 4.90 Å². The van der Waals surface area contributed by atoms with Gasteiger partial charge in [-0.05, 0) is 137 Å². The van der Waals surface area contributed by atoms with E-state index in [2.05, 4.69) is 266 Å². The molecule has 0 atom stereocenters. The molecule has 0 fully saturated rings. The van der Waals surface area contributed by atoms with Crippen LogP contribution in [0.3, 0.4) is 0 Å². The lowest BCUT2D eigenvalue weighted by molar-refractivity contribution is 1.28. The van der Waals surface area contributed by atoms with Crippen LogP contribution in [0.15, 0.2) is 261 Å². The lowest BCUT2D eigenvalue weighted by Gasteiger charge is -2.26. The van der Waals surface area contributed by atoms with Gasteiger partial charge in [-0.1, -0.05) is 212 Å². The van der Waals surface area contributed by atoms with Crippen molar-refractivity contribution in [2.45, 2.75) is 0 Å². The summed E-state index contributed by atoms with van der Waals surface area (Å²) in [5.41, 5.74) is 17.7. The molecule has 11 aromatic rings. The Morgan fingerprint density at radius 2 is 0.587 bits per heavy atom. The highest BCUT2D eigenvalue weighted by Gasteiger charge is 2.16. The summed E-state index contributed by atoms with van der Waals surface area (Å²) in [6.07, 6.45) is 0. The van der Waals surface area contributed by atoms with Crippen LogP contribution < -0.4 is 4.90 Å². The zero-order valence-electron chi connectivity index (χ0n) is 34.8. The van der Waals surface area contributed by atoms with Gasteiger partial charge in [0.1, 0.15) is 0 Å². The number of hydrogen-bond donors (Lipinski definition) is 0. The highest BCUT2D eigenvalue weighted by Crippen LogP contribution is 2.41. The van der Waals surface area contributed by atoms with Crippen molar-refractivity contribution >= 4 is 38.6 Å². The Labute approximate surface area is 369 Å². The van der Waals surface area contributed by atoms with Crippen molar-refractivity contribution in [3.8, 4) is 66.8 Å². The molecule has 0 aliphatic carbocycles. The summed E-state index contributed by atoms with van der Waals surface area (Å²) in [4.78, 5) is 2.36. The maximum absolute atomic E-state index is 2.36. The van der Waals surface area contributed by atoms with Crippen molar-refractivity contribution in [2.24, 2.45) is 0 Å². The number of nitrogens with zero attached hydrogens (tertiary/aromatic N) is 1. The van der Waals surface area contributed by atoms with Crippen LogP contribution in [0.5, 0.6) is 0 Å². The molecular formula is C62H43N. The van der Waals surface area contributed by atoms with Crippen LogP contribution in [0.2, 0.25) is 0 Å². The largest absolute Gasteiger partial charge is 0.311 e. The number of hydrogen-bond acceptors (Lipinski definition) is 1. The SMILES string of the molecule is c1ccc(-c2ccc(-c3ccccc3)c(-c3ccc(N(c4ccc(-c5ccc(-c6cccc7ccccc67)cc5)cc4)c4ccc(-c5ccc6ccccc6c5)cc4)cc3)c2)cc1. The quantitative estimate of drug-likeness (QED) is 0.141. The van der Waals surface area contributed by atoms with E-state index in [0.29, 0.717) is 0 Å². The van der Waals surface area contributed by atoms with Gasteiger partial charge < -0.3 is 4.90 Å². The second kappa shape index (κ2) is 16.7. The first-order chi connectivity index (χ1) is 31.2. The molecule has 0 spiro atoms. The molecule has 0 radical (unpaired) electrons. The summed E-state index contributed by atoms with van der Waals surface area (Å²) >= 11 is 0. The Morgan fingerprint density at radius 1 is 0.190 bits per heavy atom. The first-order valence-corrected chi connectivity index (χ1v) is 21.7. The molecule has 11 rings (SSSR count). The van der Waals surface area contributed by atoms with E-state index in [1.54, 1.807) is 0 Å². The third kappa shape index (κ3) is 7.58. The Morgan fingerprint density at radius 3 is 1.24 bits per heavy atom. The van der Waals surface area contributed by atoms with Gasteiger partial charge in [-0.3, -0.25) is 0 Å². The van der Waals surface area contributed by atoms with E-state index in [9.17, 15) is 0 Å². The standard InChI is InChI=1S/C62H43N/c1-3-12-44(13-4-1)55-34-41-61(49-15-5-2-6-16-49)62(43-55)52-32-39-58(40-33-52)63(57-37-30-48(31-38-57)54-27-24-45-14-7-8-18-53(45)42-54)56-35-28-47(29-36-56)46-22-25-51(26-23-46)60-21-11-19-50-17-9-10-20-59(50)60/h1-43H. The molecule has 0 N–H and O–H groups in total. The minimum absolute atomic E-state index is 1.09. The van der Waals surface area contributed by atoms with Gasteiger partial charge in [0.2, 0.25) is 0 Å². The molecule has 0 unspecified atom stereocenters. The van der Waals surface area contributed by atoms with Gasteiger partial charge in [-0.15, -0.1) is 0 Å². The van der Waals surface area contributed by atoms with Crippen LogP contribution in [0.25, 0.3) is 88.3 Å². The number of rotatable bonds is 9. The smallest absolute Gasteiger partial charge is 0.0462 e. The van der Waals surface area contributed by atoms with Crippen LogP contribution >= 0.6 is 0 Å². The number of fused-ring (bicyclic) bond motifs is 2. The molecule has 0 aromatic heterocycles. The van der Waals surface area contributed by atoms with Gasteiger partial charge in [0, 0.05) is 17.1 Å². The number of benzene rings is 11. The fraction of sp³-hybridized carbons (Fsp3) is 0. The van der Waals surface area contributed by atoms with Gasteiger partial charge in [-0.25, -0.2) is 0 Å². The van der Waals surface area contributed by atoms with E-state index in [1.807, 2.05) is 0 Å². The topological polar surface area (TPSA) is 3.24 Å². The zero-order valence-corrected chi connectivity index (χ0v) is 34.8. The minimum Gasteiger partial charge on any atom is -0.311 e. The molecule has 0 aliphatic rings. The molecule has 0 saturated heterocycles. The predicted octanol–water partition coefficient (Wildman–Crippen LogP) is 17.5. The monoisotopic (exact) mass is 801 g/mol. The summed E-state index contributed by atoms with van der Waals surface area (Å²) in [6.45, 7) is 0. The van der Waals surface area contributed by atoms with E-state index in [-0.39, 0.29) is 0 Å². The minimum atomic E-state index is 1.09. The number of anilines is 3. The fourth-order valence-corrected chi connectivity index (χ4v) is 8.99. The zero-order chi connectivity index (χ0) is 42.0. The summed E-state index contributed by atoms with van der Waals surface area (Å²) in [5, 5.41) is 5.02. The van der Waals surface area contributed by atoms with Gasteiger partial charge >= 0.3 is 0 Å². The van der Waals surface area contributed by atoms with Crippen LogP contribution in [-0.4, -0.2) is 0 Å². The third-order valence-corrected chi connectivity index (χ3v) is 12.3. The van der Waals surface area contributed by atoms with Crippen molar-refractivity contribution in [1.29, 1.82) is 0 Å². The van der Waals surface area contributed by atoms with E-state index in [1.165, 1.54) is 88.3 Å². The van der Waals surface area contributed by atoms with E-state index in [0.717, 1.165) is 17.1 Å². The maximum atomic E-state index is 2.36. The Balaban J connectivity index is 0.958. The highest BCUT2D eigenvalue weighted by atomic mass is 15.1. The van der Waals surface area contributed by atoms with Gasteiger partial charge in [0.05, 0.1) is 0 Å². The van der Waals surface area contributed by atoms with E-state index in [4.69, 9.17) is 0 Å². The summed E-state index contributed by atoms with van der Waals surface area (Å²) in [6, 6.07) is 94.6. The van der Waals surface area contributed by atoms with Gasteiger partial charge in [-0.2, -0.15) is 0 Å². The molecule has 0 heterocycles. The van der Waals surface area contributed by atoms with Crippen molar-refractivity contribution in [3.05, 3.63) is 261 Å². The molecule has 11 aromatic carbocycles. The molecule has 1 nitrogen and oxygen atoms in total. The Kier molecular flexibility index (Phi) is 9.97. The average molecular weight is 802 g/mol. The van der Waals surface area contributed by atoms with E-state index >= 15 is 0 Å². The normalized spacial score (nSPS) is 11.2. The first kappa shape index (κ1) is 37.7. The maximum Gasteiger partial charge on any atom is 0.0462 e. The first-order valence-electron chi connectivity index (χ1n) is 21.7. The van der Waals surface area contributed by atoms with Crippen LogP contribution in [0.1, 0.15) is 0 Å². The van der Waals surface area contributed by atoms with Crippen LogP contribution in [0, 0.1) is 0 Å². The van der Waals surface area contributed by atoms with Crippen molar-refractivity contribution in [3.63, 3.8) is 0 Å². The van der Waals surface area contributed by atoms with E-state index < -0.39 is 0 Å². The molecule has 63 heavy (non-hydrogen) atoms. The average Bonchev–Trinajstić information content (AvgIpc) is 3.37. The lowest BCUT2D eigenvalue weighted by Crippen LogP contribution is -2.09. The molecule has 1 heteroatoms. The second-order valence-electron chi connectivity index (χ2n) is 16.1. The molecule has 296 valence electrons. The Hall–Kier alpha value is -8.26. The van der Waals surface area contributed by atoms with Crippen LogP contribution in [0.4, 0.5) is 17.1 Å². The predicted molar refractivity (Wildman–Crippen MR) is 269 cm³/mol. The Bertz CT molecular complexity index is 3330. The molecule has 0 amide bonds. The van der Waals surface area contributed by atoms with Gasteiger partial charge in [0.15, 0.2) is 0 Å². The molecule has 0 bridgehead atoms. The molecular weight excluding hydrogens is 759 g/mol. The van der Waals surface area contributed by atoms with Gasteiger partial charge in [0.25, 0.3) is 0 Å². The second-order valence-corrected chi connectivity index (χ2v) is 16.1. The summed E-state index contributed by atoms with van der Waals surface area (Å²) in [7, 11) is 0. The van der Waals surface area contributed by atoms with Crippen molar-refractivity contribution < 1.29 is 0 Å². The highest BCUT2D eigenvalue weighted by molar-refractivity contribution is 5.97.